The molecule has 0 spiro atoms. The molecule has 0 aromatic carbocycles. The van der Waals surface area contributed by atoms with Gasteiger partial charge < -0.3 is 0 Å². The molecule has 11 heavy (non-hydrogen) atoms. The second-order valence-corrected chi connectivity index (χ2v) is 4.37. The number of carbonyl (C=O) groups excluding carboxylic acids is 1. The van der Waals surface area contributed by atoms with Gasteiger partial charge in [0.05, 0.1) is 9.72 Å². The molecule has 0 aliphatic carbocycles. The van der Waals surface area contributed by atoms with Gasteiger partial charge in [0, 0.05) is 6.92 Å². The number of carbonyl (C=O) groups is 1. The molecule has 0 bridgehead atoms. The van der Waals surface area contributed by atoms with Crippen LogP contribution >= 0.6 is 23.1 Å². The van der Waals surface area contributed by atoms with Gasteiger partial charge in [-0.25, -0.2) is 4.98 Å². The van der Waals surface area contributed by atoms with E-state index in [-0.39, 0.29) is 5.78 Å². The first-order valence-electron chi connectivity index (χ1n) is 3.33. The Hall–Kier alpha value is -0.350. The van der Waals surface area contributed by atoms with Crippen LogP contribution in [0.2, 0.25) is 0 Å². The third kappa shape index (κ3) is 2.04. The minimum atomic E-state index is 0.0576. The van der Waals surface area contributed by atoms with Gasteiger partial charge in [-0.3, -0.25) is 4.79 Å². The predicted molar refractivity (Wildman–Crippen MR) is 48.5 cm³/mol. The van der Waals surface area contributed by atoms with Crippen molar-refractivity contribution in [3.05, 3.63) is 11.2 Å². The number of thiazole rings is 1. The maximum Gasteiger partial charge on any atom is 0.180 e. The molecule has 4 heteroatoms. The zero-order valence-electron chi connectivity index (χ0n) is 6.46. The zero-order valence-corrected chi connectivity index (χ0v) is 8.09. The summed E-state index contributed by atoms with van der Waals surface area (Å²) in [5.74, 6) is 1.05. The Labute approximate surface area is 74.0 Å². The van der Waals surface area contributed by atoms with Crippen LogP contribution in [0.5, 0.6) is 0 Å². The fraction of sp³-hybridized carbons (Fsp3) is 0.429. The highest BCUT2D eigenvalue weighted by Gasteiger charge is 2.09. The summed E-state index contributed by atoms with van der Waals surface area (Å²) in [4.78, 5) is 14.9. The summed E-state index contributed by atoms with van der Waals surface area (Å²) in [6.45, 7) is 3.61. The van der Waals surface area contributed by atoms with E-state index >= 15 is 0 Å². The van der Waals surface area contributed by atoms with Crippen LogP contribution in [0.3, 0.4) is 0 Å². The first-order chi connectivity index (χ1) is 5.25. The lowest BCUT2D eigenvalue weighted by molar-refractivity contribution is 0.101. The maximum absolute atomic E-state index is 10.9. The molecule has 0 atom stereocenters. The van der Waals surface area contributed by atoms with Crippen LogP contribution in [-0.2, 0) is 0 Å². The average molecular weight is 187 g/mol. The summed E-state index contributed by atoms with van der Waals surface area (Å²) in [6.07, 6.45) is 0. The van der Waals surface area contributed by atoms with E-state index in [4.69, 9.17) is 0 Å². The lowest BCUT2D eigenvalue weighted by Crippen LogP contribution is -1.93. The van der Waals surface area contributed by atoms with E-state index in [1.54, 1.807) is 24.2 Å². The molecule has 0 N–H and O–H groups in total. The Balaban J connectivity index is 2.87. The Morgan fingerprint density at radius 3 is 3.09 bits per heavy atom. The average Bonchev–Trinajstić information content (AvgIpc) is 2.36. The minimum absolute atomic E-state index is 0.0576. The number of Topliss-reactive ketones (excluding diaryl/α,β-unsaturated/α-hetero) is 1. The summed E-state index contributed by atoms with van der Waals surface area (Å²) >= 11 is 3.21. The molecular weight excluding hydrogens is 178 g/mol. The van der Waals surface area contributed by atoms with E-state index in [1.165, 1.54) is 11.3 Å². The zero-order chi connectivity index (χ0) is 8.27. The van der Waals surface area contributed by atoms with Crippen molar-refractivity contribution < 1.29 is 4.79 Å². The summed E-state index contributed by atoms with van der Waals surface area (Å²) in [7, 11) is 0. The SMILES string of the molecule is CCSc1scnc1C(C)=O. The van der Waals surface area contributed by atoms with Crippen molar-refractivity contribution in [1.29, 1.82) is 0 Å². The van der Waals surface area contributed by atoms with Crippen LogP contribution < -0.4 is 0 Å². The fourth-order valence-corrected chi connectivity index (χ4v) is 2.62. The van der Waals surface area contributed by atoms with Crippen LogP contribution in [0, 0.1) is 0 Å². The van der Waals surface area contributed by atoms with Crippen LogP contribution in [-0.4, -0.2) is 16.5 Å². The van der Waals surface area contributed by atoms with Gasteiger partial charge >= 0.3 is 0 Å². The van der Waals surface area contributed by atoms with Gasteiger partial charge in [0.2, 0.25) is 0 Å². The number of rotatable bonds is 3. The minimum Gasteiger partial charge on any atom is -0.293 e. The highest BCUT2D eigenvalue weighted by Crippen LogP contribution is 2.26. The van der Waals surface area contributed by atoms with E-state index in [2.05, 4.69) is 11.9 Å². The van der Waals surface area contributed by atoms with Crippen molar-refractivity contribution in [3.63, 3.8) is 0 Å². The molecule has 0 aliphatic rings. The summed E-state index contributed by atoms with van der Waals surface area (Å²) in [5.41, 5.74) is 2.34. The lowest BCUT2D eigenvalue weighted by Gasteiger charge is -1.93. The van der Waals surface area contributed by atoms with Crippen molar-refractivity contribution in [2.24, 2.45) is 0 Å². The van der Waals surface area contributed by atoms with Gasteiger partial charge in [0.15, 0.2) is 5.78 Å². The van der Waals surface area contributed by atoms with E-state index < -0.39 is 0 Å². The molecule has 0 saturated heterocycles. The number of thioether (sulfide) groups is 1. The molecule has 0 fully saturated rings. The van der Waals surface area contributed by atoms with E-state index in [1.807, 2.05) is 0 Å². The first-order valence-corrected chi connectivity index (χ1v) is 5.19. The molecule has 0 saturated carbocycles. The summed E-state index contributed by atoms with van der Waals surface area (Å²) in [6, 6.07) is 0. The van der Waals surface area contributed by atoms with Crippen molar-refractivity contribution in [2.45, 2.75) is 18.1 Å². The first kappa shape index (κ1) is 8.74. The summed E-state index contributed by atoms with van der Waals surface area (Å²) < 4.78 is 1.04. The van der Waals surface area contributed by atoms with Crippen LogP contribution in [0.25, 0.3) is 0 Å². The van der Waals surface area contributed by atoms with E-state index in [0.717, 1.165) is 9.96 Å². The molecule has 2 nitrogen and oxygen atoms in total. The highest BCUT2D eigenvalue weighted by atomic mass is 32.2. The van der Waals surface area contributed by atoms with Crippen molar-refractivity contribution >= 4 is 28.9 Å². The molecule has 1 heterocycles. The second-order valence-electron chi connectivity index (χ2n) is 1.98. The van der Waals surface area contributed by atoms with Gasteiger partial charge in [0.25, 0.3) is 0 Å². The van der Waals surface area contributed by atoms with Gasteiger partial charge in [-0.2, -0.15) is 0 Å². The molecule has 0 unspecified atom stereocenters. The molecular formula is C7H9NOS2. The summed E-state index contributed by atoms with van der Waals surface area (Å²) in [5, 5.41) is 0. The number of aromatic nitrogens is 1. The van der Waals surface area contributed by atoms with Crippen molar-refractivity contribution in [3.8, 4) is 0 Å². The van der Waals surface area contributed by atoms with Gasteiger partial charge in [-0.1, -0.05) is 6.92 Å². The third-order valence-electron chi connectivity index (χ3n) is 1.14. The molecule has 0 radical (unpaired) electrons. The Morgan fingerprint density at radius 2 is 2.55 bits per heavy atom. The molecule has 1 aromatic heterocycles. The number of nitrogens with zero attached hydrogens (tertiary/aromatic N) is 1. The smallest absolute Gasteiger partial charge is 0.180 e. The molecule has 1 aromatic rings. The largest absolute Gasteiger partial charge is 0.293 e. The van der Waals surface area contributed by atoms with Crippen LogP contribution in [0.1, 0.15) is 24.3 Å². The molecule has 0 amide bonds. The Morgan fingerprint density at radius 1 is 1.82 bits per heavy atom. The van der Waals surface area contributed by atoms with Crippen LogP contribution in [0.4, 0.5) is 0 Å². The Bertz CT molecular complexity index is 257. The number of hydrogen-bond acceptors (Lipinski definition) is 4. The van der Waals surface area contributed by atoms with Crippen molar-refractivity contribution in [2.75, 3.05) is 5.75 Å². The van der Waals surface area contributed by atoms with Gasteiger partial charge in [0.1, 0.15) is 5.69 Å². The second kappa shape index (κ2) is 3.88. The Kier molecular flexibility index (Phi) is 3.08. The fourth-order valence-electron chi connectivity index (χ4n) is 0.704. The van der Waals surface area contributed by atoms with Gasteiger partial charge in [-0.15, -0.1) is 23.1 Å². The maximum atomic E-state index is 10.9. The lowest BCUT2D eigenvalue weighted by atomic mass is 10.4. The molecule has 0 aliphatic heterocycles. The van der Waals surface area contributed by atoms with E-state index in [0.29, 0.717) is 5.69 Å². The number of ketones is 1. The molecule has 60 valence electrons. The normalized spacial score (nSPS) is 10.0. The predicted octanol–water partition coefficient (Wildman–Crippen LogP) is 2.46. The standard InChI is InChI=1S/C7H9NOS2/c1-3-10-7-6(5(2)9)8-4-11-7/h4H,3H2,1-2H3. The van der Waals surface area contributed by atoms with E-state index in [9.17, 15) is 4.79 Å². The quantitative estimate of drug-likeness (QED) is 0.538. The van der Waals surface area contributed by atoms with Crippen LogP contribution in [0.15, 0.2) is 9.72 Å². The molecule has 1 rings (SSSR count). The third-order valence-corrected chi connectivity index (χ3v) is 3.15. The monoisotopic (exact) mass is 187 g/mol. The number of hydrogen-bond donors (Lipinski definition) is 0. The van der Waals surface area contributed by atoms with Gasteiger partial charge in [-0.05, 0) is 5.75 Å². The topological polar surface area (TPSA) is 30.0 Å². The van der Waals surface area contributed by atoms with Crippen molar-refractivity contribution in [1.82, 2.24) is 4.98 Å². The highest BCUT2D eigenvalue weighted by molar-refractivity contribution is 8.01.